The molecule has 0 aliphatic rings. The van der Waals surface area contributed by atoms with Crippen molar-refractivity contribution in [2.24, 2.45) is 0 Å². The summed E-state index contributed by atoms with van der Waals surface area (Å²) in [6.45, 7) is 5.20. The quantitative estimate of drug-likeness (QED) is 0.244. The average molecular weight is 438 g/mol. The van der Waals surface area contributed by atoms with Gasteiger partial charge in [-0.3, -0.25) is 4.79 Å². The van der Waals surface area contributed by atoms with Crippen molar-refractivity contribution in [2.45, 2.75) is 19.0 Å². The SMILES string of the molecule is CCOc1ccc(OCCNC(=O)CSc2nc3ccccc3c3nc(C)nn23)cc1. The molecule has 4 rings (SSSR count). The van der Waals surface area contributed by atoms with E-state index in [1.807, 2.05) is 62.4 Å². The molecular formula is C22H23N5O3S. The Morgan fingerprint density at radius 3 is 2.58 bits per heavy atom. The lowest BCUT2D eigenvalue weighted by Crippen LogP contribution is -2.29. The van der Waals surface area contributed by atoms with E-state index in [2.05, 4.69) is 20.4 Å². The number of nitrogens with one attached hydrogen (secondary N) is 1. The number of rotatable bonds is 9. The number of ether oxygens (including phenoxy) is 2. The van der Waals surface area contributed by atoms with Gasteiger partial charge in [0.15, 0.2) is 10.8 Å². The highest BCUT2D eigenvalue weighted by Gasteiger charge is 2.13. The molecule has 0 unspecified atom stereocenters. The van der Waals surface area contributed by atoms with Crippen LogP contribution in [0.25, 0.3) is 16.6 Å². The zero-order valence-electron chi connectivity index (χ0n) is 17.4. The largest absolute Gasteiger partial charge is 0.494 e. The summed E-state index contributed by atoms with van der Waals surface area (Å²) < 4.78 is 12.8. The monoisotopic (exact) mass is 437 g/mol. The van der Waals surface area contributed by atoms with E-state index in [0.29, 0.717) is 30.7 Å². The molecule has 0 saturated heterocycles. The van der Waals surface area contributed by atoms with Crippen LogP contribution in [0.15, 0.2) is 53.7 Å². The topological polar surface area (TPSA) is 90.6 Å². The van der Waals surface area contributed by atoms with Crippen LogP contribution < -0.4 is 14.8 Å². The fourth-order valence-electron chi connectivity index (χ4n) is 3.07. The molecule has 0 atom stereocenters. The van der Waals surface area contributed by atoms with Crippen molar-refractivity contribution >= 4 is 34.2 Å². The fourth-order valence-corrected chi connectivity index (χ4v) is 3.84. The van der Waals surface area contributed by atoms with Crippen LogP contribution >= 0.6 is 11.8 Å². The second-order valence-corrected chi connectivity index (χ2v) is 7.64. The van der Waals surface area contributed by atoms with Gasteiger partial charge in [0.2, 0.25) is 5.91 Å². The van der Waals surface area contributed by atoms with E-state index in [9.17, 15) is 4.79 Å². The normalized spacial score (nSPS) is 11.0. The average Bonchev–Trinajstić information content (AvgIpc) is 3.18. The Morgan fingerprint density at radius 2 is 1.81 bits per heavy atom. The Labute approximate surface area is 184 Å². The molecular weight excluding hydrogens is 414 g/mol. The number of hydrogen-bond acceptors (Lipinski definition) is 7. The molecule has 0 aliphatic carbocycles. The van der Waals surface area contributed by atoms with Crippen molar-refractivity contribution in [1.29, 1.82) is 0 Å². The second kappa shape index (κ2) is 9.65. The molecule has 0 bridgehead atoms. The number of para-hydroxylation sites is 1. The van der Waals surface area contributed by atoms with Crippen molar-refractivity contribution in [2.75, 3.05) is 25.5 Å². The van der Waals surface area contributed by atoms with Crippen molar-refractivity contribution in [1.82, 2.24) is 24.9 Å². The summed E-state index contributed by atoms with van der Waals surface area (Å²) in [7, 11) is 0. The molecule has 1 N–H and O–H groups in total. The first-order valence-corrected chi connectivity index (χ1v) is 11.0. The van der Waals surface area contributed by atoms with Gasteiger partial charge < -0.3 is 14.8 Å². The molecule has 2 aromatic heterocycles. The van der Waals surface area contributed by atoms with Crippen LogP contribution in [0.3, 0.4) is 0 Å². The van der Waals surface area contributed by atoms with Gasteiger partial charge in [0.1, 0.15) is 23.9 Å². The standard InChI is InChI=1S/C22H23N5O3S/c1-3-29-16-8-10-17(11-9-16)30-13-12-23-20(28)14-31-22-25-19-7-5-4-6-18(19)21-24-15(2)26-27(21)22/h4-11H,3,12-14H2,1-2H3,(H,23,28). The molecule has 0 aliphatic heterocycles. The van der Waals surface area contributed by atoms with Crippen LogP contribution in [0.4, 0.5) is 0 Å². The lowest BCUT2D eigenvalue weighted by molar-refractivity contribution is -0.118. The smallest absolute Gasteiger partial charge is 0.230 e. The van der Waals surface area contributed by atoms with Gasteiger partial charge in [0.25, 0.3) is 0 Å². The molecule has 160 valence electrons. The number of fused-ring (bicyclic) bond motifs is 3. The first-order chi connectivity index (χ1) is 15.1. The summed E-state index contributed by atoms with van der Waals surface area (Å²) in [5, 5.41) is 8.86. The van der Waals surface area contributed by atoms with Gasteiger partial charge >= 0.3 is 0 Å². The molecule has 2 aromatic carbocycles. The lowest BCUT2D eigenvalue weighted by Gasteiger charge is -2.09. The van der Waals surface area contributed by atoms with E-state index in [-0.39, 0.29) is 11.7 Å². The summed E-state index contributed by atoms with van der Waals surface area (Å²) in [5.74, 6) is 2.33. The predicted octanol–water partition coefficient (Wildman–Crippen LogP) is 3.27. The van der Waals surface area contributed by atoms with E-state index in [1.54, 1.807) is 4.52 Å². The number of amides is 1. The Morgan fingerprint density at radius 1 is 1.06 bits per heavy atom. The number of benzene rings is 2. The molecule has 4 aromatic rings. The Hall–Kier alpha value is -3.33. The zero-order valence-corrected chi connectivity index (χ0v) is 18.2. The van der Waals surface area contributed by atoms with Crippen molar-refractivity contribution in [3.8, 4) is 11.5 Å². The minimum atomic E-state index is -0.0970. The van der Waals surface area contributed by atoms with E-state index in [0.717, 1.165) is 28.0 Å². The Balaban J connectivity index is 1.30. The van der Waals surface area contributed by atoms with Gasteiger partial charge in [-0.25, -0.2) is 9.97 Å². The fraction of sp³-hybridized carbons (Fsp3) is 0.273. The zero-order chi connectivity index (χ0) is 21.6. The summed E-state index contributed by atoms with van der Waals surface area (Å²) in [6.07, 6.45) is 0. The van der Waals surface area contributed by atoms with Crippen molar-refractivity contribution < 1.29 is 14.3 Å². The van der Waals surface area contributed by atoms with Gasteiger partial charge in [-0.15, -0.1) is 5.10 Å². The highest BCUT2D eigenvalue weighted by Crippen LogP contribution is 2.23. The molecule has 31 heavy (non-hydrogen) atoms. The summed E-state index contributed by atoms with van der Waals surface area (Å²) in [5.41, 5.74) is 1.57. The molecule has 9 heteroatoms. The number of aryl methyl sites for hydroxylation is 1. The number of carbonyl (C=O) groups excluding carboxylic acids is 1. The summed E-state index contributed by atoms with van der Waals surface area (Å²) >= 11 is 1.33. The van der Waals surface area contributed by atoms with Crippen LogP contribution in [0.5, 0.6) is 11.5 Å². The maximum atomic E-state index is 12.3. The van der Waals surface area contributed by atoms with Gasteiger partial charge in [0, 0.05) is 5.39 Å². The minimum absolute atomic E-state index is 0.0970. The van der Waals surface area contributed by atoms with Gasteiger partial charge in [-0.1, -0.05) is 23.9 Å². The highest BCUT2D eigenvalue weighted by molar-refractivity contribution is 7.99. The Kier molecular flexibility index (Phi) is 6.51. The van der Waals surface area contributed by atoms with Gasteiger partial charge in [0.05, 0.1) is 24.4 Å². The number of aromatic nitrogens is 4. The summed E-state index contributed by atoms with van der Waals surface area (Å²) in [4.78, 5) is 21.4. The minimum Gasteiger partial charge on any atom is -0.494 e. The lowest BCUT2D eigenvalue weighted by atomic mass is 10.2. The predicted molar refractivity (Wildman–Crippen MR) is 120 cm³/mol. The van der Waals surface area contributed by atoms with Crippen LogP contribution in [0.1, 0.15) is 12.7 Å². The third kappa shape index (κ3) is 5.05. The van der Waals surface area contributed by atoms with Crippen LogP contribution in [0.2, 0.25) is 0 Å². The van der Waals surface area contributed by atoms with Gasteiger partial charge in [-0.2, -0.15) is 4.52 Å². The first kappa shape index (κ1) is 20.9. The number of nitrogens with zero attached hydrogens (tertiary/aromatic N) is 4. The third-order valence-electron chi connectivity index (χ3n) is 4.42. The Bertz CT molecular complexity index is 1190. The van der Waals surface area contributed by atoms with E-state index < -0.39 is 0 Å². The first-order valence-electron chi connectivity index (χ1n) is 10.0. The second-order valence-electron chi connectivity index (χ2n) is 6.70. The maximum absolute atomic E-state index is 12.3. The number of carbonyl (C=O) groups is 1. The molecule has 8 nitrogen and oxygen atoms in total. The van der Waals surface area contributed by atoms with Crippen molar-refractivity contribution in [3.63, 3.8) is 0 Å². The third-order valence-corrected chi connectivity index (χ3v) is 5.34. The molecule has 1 amide bonds. The van der Waals surface area contributed by atoms with Crippen LogP contribution in [0, 0.1) is 6.92 Å². The van der Waals surface area contributed by atoms with Crippen LogP contribution in [-0.2, 0) is 4.79 Å². The molecule has 0 fully saturated rings. The van der Waals surface area contributed by atoms with E-state index >= 15 is 0 Å². The molecule has 2 heterocycles. The summed E-state index contributed by atoms with van der Waals surface area (Å²) in [6, 6.07) is 15.2. The maximum Gasteiger partial charge on any atom is 0.230 e. The number of thioether (sulfide) groups is 1. The molecule has 0 spiro atoms. The van der Waals surface area contributed by atoms with Gasteiger partial charge in [-0.05, 0) is 50.2 Å². The van der Waals surface area contributed by atoms with E-state index in [1.165, 1.54) is 11.8 Å². The molecule has 0 radical (unpaired) electrons. The van der Waals surface area contributed by atoms with E-state index in [4.69, 9.17) is 9.47 Å². The molecule has 0 saturated carbocycles. The number of hydrogen-bond donors (Lipinski definition) is 1. The highest BCUT2D eigenvalue weighted by atomic mass is 32.2. The van der Waals surface area contributed by atoms with Crippen LogP contribution in [-0.4, -0.2) is 51.0 Å². The van der Waals surface area contributed by atoms with Crippen molar-refractivity contribution in [3.05, 3.63) is 54.4 Å².